The number of hydrogen-bond acceptors (Lipinski definition) is 4. The number of anilines is 1. The summed E-state index contributed by atoms with van der Waals surface area (Å²) in [6.07, 6.45) is 4.86. The molecule has 0 spiro atoms. The third-order valence-electron chi connectivity index (χ3n) is 4.76. The first-order valence-corrected chi connectivity index (χ1v) is 8.48. The van der Waals surface area contributed by atoms with Gasteiger partial charge >= 0.3 is 0 Å². The number of aryl methyl sites for hydroxylation is 1. The van der Waals surface area contributed by atoms with Crippen LogP contribution in [0.1, 0.15) is 24.1 Å². The van der Waals surface area contributed by atoms with Crippen LogP contribution in [0.3, 0.4) is 0 Å². The highest BCUT2D eigenvalue weighted by Crippen LogP contribution is 2.38. The van der Waals surface area contributed by atoms with E-state index in [4.69, 9.17) is 11.6 Å². The smallest absolute Gasteiger partial charge is 0.154 e. The number of piperidine rings is 1. The second kappa shape index (κ2) is 5.76. The van der Waals surface area contributed by atoms with E-state index in [9.17, 15) is 5.11 Å². The van der Waals surface area contributed by atoms with Crippen molar-refractivity contribution in [1.82, 2.24) is 14.6 Å². The van der Waals surface area contributed by atoms with E-state index >= 15 is 0 Å². The molecule has 0 atom stereocenters. The predicted octanol–water partition coefficient (Wildman–Crippen LogP) is 3.18. The number of fused-ring (bicyclic) bond motifs is 1. The van der Waals surface area contributed by atoms with Gasteiger partial charge < -0.3 is 10.0 Å². The Kier molecular flexibility index (Phi) is 3.70. The quantitative estimate of drug-likeness (QED) is 0.777. The lowest BCUT2D eigenvalue weighted by molar-refractivity contribution is 0.0118. The van der Waals surface area contributed by atoms with Crippen molar-refractivity contribution in [3.63, 3.8) is 0 Å². The summed E-state index contributed by atoms with van der Waals surface area (Å²) in [6, 6.07) is 9.59. The molecule has 1 fully saturated rings. The van der Waals surface area contributed by atoms with Crippen LogP contribution in [-0.4, -0.2) is 32.8 Å². The first-order chi connectivity index (χ1) is 11.6. The topological polar surface area (TPSA) is 53.7 Å². The van der Waals surface area contributed by atoms with Crippen LogP contribution >= 0.6 is 11.6 Å². The van der Waals surface area contributed by atoms with Gasteiger partial charge in [-0.2, -0.15) is 5.10 Å². The minimum Gasteiger partial charge on any atom is -0.385 e. The maximum absolute atomic E-state index is 11.1. The first-order valence-electron chi connectivity index (χ1n) is 8.10. The molecule has 0 radical (unpaired) electrons. The van der Waals surface area contributed by atoms with Crippen molar-refractivity contribution in [1.29, 1.82) is 0 Å². The van der Waals surface area contributed by atoms with Crippen LogP contribution in [0.5, 0.6) is 0 Å². The second-order valence-corrected chi connectivity index (χ2v) is 6.77. The third-order valence-corrected chi connectivity index (χ3v) is 5.09. The van der Waals surface area contributed by atoms with Gasteiger partial charge in [0.25, 0.3) is 0 Å². The number of halogens is 1. The highest BCUT2D eigenvalue weighted by Gasteiger charge is 2.36. The van der Waals surface area contributed by atoms with E-state index in [1.165, 1.54) is 0 Å². The summed E-state index contributed by atoms with van der Waals surface area (Å²) in [5, 5.41) is 16.1. The highest BCUT2D eigenvalue weighted by atomic mass is 35.5. The fourth-order valence-electron chi connectivity index (χ4n) is 3.47. The van der Waals surface area contributed by atoms with Crippen LogP contribution in [0.2, 0.25) is 5.02 Å². The van der Waals surface area contributed by atoms with Crippen LogP contribution in [0, 0.1) is 6.92 Å². The lowest BCUT2D eigenvalue weighted by atomic mass is 9.84. The minimum absolute atomic E-state index is 0.618. The van der Waals surface area contributed by atoms with Crippen molar-refractivity contribution < 1.29 is 5.11 Å². The Morgan fingerprint density at radius 2 is 1.96 bits per heavy atom. The number of nitrogens with zero attached hydrogens (tertiary/aromatic N) is 4. The van der Waals surface area contributed by atoms with Crippen molar-refractivity contribution in [2.75, 3.05) is 18.0 Å². The fraction of sp³-hybridized carbons (Fsp3) is 0.333. The molecule has 1 aliphatic heterocycles. The van der Waals surface area contributed by atoms with E-state index in [0.717, 1.165) is 35.7 Å². The normalized spacial score (nSPS) is 17.4. The Labute approximate surface area is 145 Å². The van der Waals surface area contributed by atoms with Gasteiger partial charge in [0.2, 0.25) is 0 Å². The number of benzene rings is 1. The average molecular weight is 343 g/mol. The third kappa shape index (κ3) is 2.54. The molecule has 0 aliphatic carbocycles. The summed E-state index contributed by atoms with van der Waals surface area (Å²) in [5.41, 5.74) is 1.90. The standard InChI is InChI=1S/C18H19ClN4O/c1-13-12-16-17(20-8-11-23(16)21-13)22-9-6-18(24,7-10-22)14-4-2-3-5-15(14)19/h2-5,8,11-12,24H,6-7,9-10H2,1H3. The molecule has 1 saturated heterocycles. The molecule has 0 bridgehead atoms. The number of aliphatic hydroxyl groups is 1. The Hall–Kier alpha value is -2.11. The van der Waals surface area contributed by atoms with Crippen molar-refractivity contribution >= 4 is 22.9 Å². The number of rotatable bonds is 2. The van der Waals surface area contributed by atoms with Gasteiger partial charge in [0.1, 0.15) is 5.52 Å². The van der Waals surface area contributed by atoms with Gasteiger partial charge in [-0.15, -0.1) is 0 Å². The Morgan fingerprint density at radius 1 is 1.21 bits per heavy atom. The molecule has 3 aromatic rings. The zero-order valence-electron chi connectivity index (χ0n) is 13.5. The first kappa shape index (κ1) is 15.4. The lowest BCUT2D eigenvalue weighted by Crippen LogP contribution is -2.43. The van der Waals surface area contributed by atoms with E-state index in [1.54, 1.807) is 6.20 Å². The Balaban J connectivity index is 1.61. The molecule has 2 aromatic heterocycles. The average Bonchev–Trinajstić information content (AvgIpc) is 2.96. The van der Waals surface area contributed by atoms with Crippen molar-refractivity contribution in [3.8, 4) is 0 Å². The van der Waals surface area contributed by atoms with Crippen LogP contribution in [0.4, 0.5) is 5.82 Å². The van der Waals surface area contributed by atoms with Gasteiger partial charge in [0, 0.05) is 36.1 Å². The number of aromatic nitrogens is 3. The molecular formula is C18H19ClN4O. The van der Waals surface area contributed by atoms with Crippen molar-refractivity contribution in [2.24, 2.45) is 0 Å². The molecule has 1 aliphatic rings. The summed E-state index contributed by atoms with van der Waals surface area (Å²) in [7, 11) is 0. The molecule has 1 N–H and O–H groups in total. The van der Waals surface area contributed by atoms with Crippen LogP contribution in [-0.2, 0) is 5.60 Å². The molecule has 0 unspecified atom stereocenters. The molecule has 124 valence electrons. The van der Waals surface area contributed by atoms with Gasteiger partial charge in [-0.05, 0) is 31.9 Å². The van der Waals surface area contributed by atoms with E-state index in [2.05, 4.69) is 15.0 Å². The van der Waals surface area contributed by atoms with Crippen LogP contribution in [0.25, 0.3) is 5.52 Å². The number of hydrogen-bond donors (Lipinski definition) is 1. The maximum atomic E-state index is 11.1. The lowest BCUT2D eigenvalue weighted by Gasteiger charge is -2.39. The fourth-order valence-corrected chi connectivity index (χ4v) is 3.78. The molecule has 0 amide bonds. The Bertz CT molecular complexity index is 884. The van der Waals surface area contributed by atoms with E-state index < -0.39 is 5.60 Å². The van der Waals surface area contributed by atoms with Crippen molar-refractivity contribution in [3.05, 3.63) is 59.0 Å². The van der Waals surface area contributed by atoms with E-state index in [0.29, 0.717) is 17.9 Å². The summed E-state index contributed by atoms with van der Waals surface area (Å²) in [4.78, 5) is 6.75. The minimum atomic E-state index is -0.879. The van der Waals surface area contributed by atoms with Crippen molar-refractivity contribution in [2.45, 2.75) is 25.4 Å². The zero-order valence-corrected chi connectivity index (χ0v) is 14.2. The van der Waals surface area contributed by atoms with Gasteiger partial charge in [-0.3, -0.25) is 0 Å². The van der Waals surface area contributed by atoms with Gasteiger partial charge in [0.05, 0.1) is 11.3 Å². The summed E-state index contributed by atoms with van der Waals surface area (Å²) in [6.45, 7) is 3.42. The maximum Gasteiger partial charge on any atom is 0.154 e. The van der Waals surface area contributed by atoms with Gasteiger partial charge in [0.15, 0.2) is 5.82 Å². The molecule has 1 aromatic carbocycles. The van der Waals surface area contributed by atoms with Crippen LogP contribution < -0.4 is 4.90 Å². The zero-order chi connectivity index (χ0) is 16.7. The molecule has 4 rings (SSSR count). The van der Waals surface area contributed by atoms with Crippen LogP contribution in [0.15, 0.2) is 42.7 Å². The molecular weight excluding hydrogens is 324 g/mol. The van der Waals surface area contributed by atoms with Gasteiger partial charge in [-0.1, -0.05) is 29.8 Å². The Morgan fingerprint density at radius 3 is 2.71 bits per heavy atom. The monoisotopic (exact) mass is 342 g/mol. The summed E-state index contributed by atoms with van der Waals surface area (Å²) >= 11 is 6.28. The molecule has 24 heavy (non-hydrogen) atoms. The SMILES string of the molecule is Cc1cc2c(N3CCC(O)(c4ccccc4Cl)CC3)nccn2n1. The van der Waals surface area contributed by atoms with Gasteiger partial charge in [-0.25, -0.2) is 9.50 Å². The van der Waals surface area contributed by atoms with E-state index in [1.807, 2.05) is 48.0 Å². The highest BCUT2D eigenvalue weighted by molar-refractivity contribution is 6.31. The molecule has 3 heterocycles. The second-order valence-electron chi connectivity index (χ2n) is 6.36. The summed E-state index contributed by atoms with van der Waals surface area (Å²) in [5.74, 6) is 0.916. The predicted molar refractivity (Wildman–Crippen MR) is 94.5 cm³/mol. The largest absolute Gasteiger partial charge is 0.385 e. The molecule has 0 saturated carbocycles. The van der Waals surface area contributed by atoms with E-state index in [-0.39, 0.29) is 0 Å². The molecule has 5 nitrogen and oxygen atoms in total. The molecule has 6 heteroatoms. The summed E-state index contributed by atoms with van der Waals surface area (Å²) < 4.78 is 1.85.